The molecule has 2 aromatic rings. The molecule has 0 spiro atoms. The molecule has 0 fully saturated rings. The lowest BCUT2D eigenvalue weighted by molar-refractivity contribution is -0.130. The number of carbonyl (C=O) groups excluding carboxylic acids is 3. The zero-order chi connectivity index (χ0) is 18.1. The van der Waals surface area contributed by atoms with Crippen LogP contribution in [-0.4, -0.2) is 41.1 Å². The van der Waals surface area contributed by atoms with Gasteiger partial charge in [-0.05, 0) is 31.2 Å². The largest absolute Gasteiger partial charge is 0.341 e. The monoisotopic (exact) mass is 376 g/mol. The van der Waals surface area contributed by atoms with Gasteiger partial charge in [-0.2, -0.15) is 0 Å². The fraction of sp³-hybridized carbons (Fsp3) is 0.278. The summed E-state index contributed by atoms with van der Waals surface area (Å²) in [5.74, 6) is -0.790. The number of benzene rings is 1. The van der Waals surface area contributed by atoms with Crippen LogP contribution in [0.2, 0.25) is 4.34 Å². The minimum atomic E-state index is -0.333. The lowest BCUT2D eigenvalue weighted by Crippen LogP contribution is -2.35. The van der Waals surface area contributed by atoms with Gasteiger partial charge in [-0.1, -0.05) is 23.2 Å². The maximum atomic E-state index is 12.4. The van der Waals surface area contributed by atoms with Crippen LogP contribution in [0.3, 0.4) is 0 Å². The molecule has 3 amide bonds. The lowest BCUT2D eigenvalue weighted by atomic mass is 10.1. The van der Waals surface area contributed by atoms with E-state index in [4.69, 9.17) is 11.6 Å². The van der Waals surface area contributed by atoms with E-state index in [0.29, 0.717) is 22.0 Å². The molecule has 25 heavy (non-hydrogen) atoms. The van der Waals surface area contributed by atoms with Crippen molar-refractivity contribution in [3.63, 3.8) is 0 Å². The van der Waals surface area contributed by atoms with Crippen LogP contribution in [0, 0.1) is 6.92 Å². The highest BCUT2D eigenvalue weighted by atomic mass is 35.5. The Labute approximate surface area is 154 Å². The predicted molar refractivity (Wildman–Crippen MR) is 97.0 cm³/mol. The summed E-state index contributed by atoms with van der Waals surface area (Å²) in [7, 11) is 1.70. The third-order valence-electron chi connectivity index (χ3n) is 4.12. The summed E-state index contributed by atoms with van der Waals surface area (Å²) in [5.41, 5.74) is 1.75. The van der Waals surface area contributed by atoms with Gasteiger partial charge in [-0.25, -0.2) is 0 Å². The number of carbonyl (C=O) groups is 3. The van der Waals surface area contributed by atoms with Crippen molar-refractivity contribution in [2.24, 2.45) is 0 Å². The van der Waals surface area contributed by atoms with Gasteiger partial charge in [-0.3, -0.25) is 19.3 Å². The highest BCUT2D eigenvalue weighted by Gasteiger charge is 2.35. The second kappa shape index (κ2) is 6.98. The zero-order valence-electron chi connectivity index (χ0n) is 13.9. The molecule has 0 saturated heterocycles. The summed E-state index contributed by atoms with van der Waals surface area (Å²) in [5, 5.41) is 0. The number of nitrogens with zero attached hydrogens (tertiary/aromatic N) is 2. The summed E-state index contributed by atoms with van der Waals surface area (Å²) in [6.45, 7) is 2.41. The Balaban J connectivity index is 1.61. The van der Waals surface area contributed by atoms with E-state index in [1.165, 1.54) is 11.3 Å². The van der Waals surface area contributed by atoms with Gasteiger partial charge >= 0.3 is 0 Å². The second-order valence-corrected chi connectivity index (χ2v) is 7.82. The van der Waals surface area contributed by atoms with Gasteiger partial charge in [0.2, 0.25) is 5.91 Å². The summed E-state index contributed by atoms with van der Waals surface area (Å²) in [4.78, 5) is 40.8. The third kappa shape index (κ3) is 3.60. The minimum absolute atomic E-state index is 0.0831. The Morgan fingerprint density at radius 1 is 1.16 bits per heavy atom. The van der Waals surface area contributed by atoms with E-state index >= 15 is 0 Å². The van der Waals surface area contributed by atoms with E-state index in [1.54, 1.807) is 36.2 Å². The summed E-state index contributed by atoms with van der Waals surface area (Å²) < 4.78 is 0.678. The molecule has 0 atom stereocenters. The van der Waals surface area contributed by atoms with E-state index < -0.39 is 0 Å². The molecule has 3 rings (SSSR count). The Hall–Kier alpha value is -2.18. The standard InChI is InChI=1S/C18H17ClN2O3S/c1-11-3-5-13-14(9-11)18(24)21(17(13)23)8-7-16(22)20(2)10-12-4-6-15(19)25-12/h3-6,9H,7-8,10H2,1-2H3. The fourth-order valence-electron chi connectivity index (χ4n) is 2.76. The van der Waals surface area contributed by atoms with Crippen molar-refractivity contribution in [3.05, 3.63) is 56.2 Å². The van der Waals surface area contributed by atoms with E-state index in [1.807, 2.05) is 13.0 Å². The molecule has 1 aliphatic rings. The number of imide groups is 1. The normalized spacial score (nSPS) is 13.3. The molecule has 130 valence electrons. The second-order valence-electron chi connectivity index (χ2n) is 6.02. The molecule has 7 heteroatoms. The molecular formula is C18H17ClN2O3S. The highest BCUT2D eigenvalue weighted by Crippen LogP contribution is 2.25. The zero-order valence-corrected chi connectivity index (χ0v) is 15.5. The molecule has 1 aromatic heterocycles. The molecule has 0 N–H and O–H groups in total. The Morgan fingerprint density at radius 3 is 2.56 bits per heavy atom. The summed E-state index contributed by atoms with van der Waals surface area (Å²) >= 11 is 7.31. The van der Waals surface area contributed by atoms with Gasteiger partial charge in [0.05, 0.1) is 22.0 Å². The third-order valence-corrected chi connectivity index (χ3v) is 5.34. The van der Waals surface area contributed by atoms with E-state index in [2.05, 4.69) is 0 Å². The first-order valence-electron chi connectivity index (χ1n) is 7.82. The molecule has 0 saturated carbocycles. The molecule has 1 aromatic carbocycles. The molecule has 0 unspecified atom stereocenters. The van der Waals surface area contributed by atoms with Gasteiger partial charge in [0.15, 0.2) is 0 Å². The average Bonchev–Trinajstić information content (AvgIpc) is 3.07. The lowest BCUT2D eigenvalue weighted by Gasteiger charge is -2.18. The van der Waals surface area contributed by atoms with E-state index in [0.717, 1.165) is 15.3 Å². The van der Waals surface area contributed by atoms with Crippen LogP contribution >= 0.6 is 22.9 Å². The van der Waals surface area contributed by atoms with Crippen molar-refractivity contribution in [1.29, 1.82) is 0 Å². The summed E-state index contributed by atoms with van der Waals surface area (Å²) in [6, 6.07) is 8.85. The Morgan fingerprint density at radius 2 is 1.88 bits per heavy atom. The number of thiophene rings is 1. The van der Waals surface area contributed by atoms with Crippen LogP contribution in [0.1, 0.15) is 37.6 Å². The van der Waals surface area contributed by atoms with Crippen molar-refractivity contribution < 1.29 is 14.4 Å². The summed E-state index contributed by atoms with van der Waals surface area (Å²) in [6.07, 6.45) is 0.0973. The molecular weight excluding hydrogens is 360 g/mol. The molecule has 0 radical (unpaired) electrons. The van der Waals surface area contributed by atoms with Crippen molar-refractivity contribution in [2.45, 2.75) is 19.9 Å². The first kappa shape index (κ1) is 17.6. The molecule has 0 bridgehead atoms. The molecule has 2 heterocycles. The van der Waals surface area contributed by atoms with Crippen LogP contribution in [-0.2, 0) is 11.3 Å². The number of halogens is 1. The smallest absolute Gasteiger partial charge is 0.261 e. The SMILES string of the molecule is Cc1ccc2c(c1)C(=O)N(CCC(=O)N(C)Cc1ccc(Cl)s1)C2=O. The number of aryl methyl sites for hydroxylation is 1. The highest BCUT2D eigenvalue weighted by molar-refractivity contribution is 7.16. The van der Waals surface area contributed by atoms with Gasteiger partial charge < -0.3 is 4.90 Å². The predicted octanol–water partition coefficient (Wildman–Crippen LogP) is 3.35. The van der Waals surface area contributed by atoms with Crippen molar-refractivity contribution in [2.75, 3.05) is 13.6 Å². The van der Waals surface area contributed by atoms with Crippen molar-refractivity contribution in [1.82, 2.24) is 9.80 Å². The van der Waals surface area contributed by atoms with Crippen LogP contribution in [0.15, 0.2) is 30.3 Å². The van der Waals surface area contributed by atoms with E-state index in [9.17, 15) is 14.4 Å². The number of fused-ring (bicyclic) bond motifs is 1. The van der Waals surface area contributed by atoms with Crippen LogP contribution < -0.4 is 0 Å². The fourth-order valence-corrected chi connectivity index (χ4v) is 3.91. The number of rotatable bonds is 5. The van der Waals surface area contributed by atoms with Gasteiger partial charge in [0.1, 0.15) is 0 Å². The Bertz CT molecular complexity index is 862. The topological polar surface area (TPSA) is 57.7 Å². The van der Waals surface area contributed by atoms with Crippen LogP contribution in [0.4, 0.5) is 0 Å². The van der Waals surface area contributed by atoms with Gasteiger partial charge in [0, 0.05) is 24.9 Å². The van der Waals surface area contributed by atoms with Crippen LogP contribution in [0.25, 0.3) is 0 Å². The number of hydrogen-bond acceptors (Lipinski definition) is 4. The van der Waals surface area contributed by atoms with Gasteiger partial charge in [-0.15, -0.1) is 11.3 Å². The van der Waals surface area contributed by atoms with E-state index in [-0.39, 0.29) is 30.7 Å². The molecule has 5 nitrogen and oxygen atoms in total. The Kier molecular flexibility index (Phi) is 4.92. The average molecular weight is 377 g/mol. The van der Waals surface area contributed by atoms with Crippen molar-refractivity contribution in [3.8, 4) is 0 Å². The van der Waals surface area contributed by atoms with Crippen LogP contribution in [0.5, 0.6) is 0 Å². The molecule has 0 aliphatic carbocycles. The quantitative estimate of drug-likeness (QED) is 0.752. The maximum Gasteiger partial charge on any atom is 0.261 e. The first-order valence-corrected chi connectivity index (χ1v) is 9.01. The number of hydrogen-bond donors (Lipinski definition) is 0. The van der Waals surface area contributed by atoms with Crippen molar-refractivity contribution >= 4 is 40.7 Å². The maximum absolute atomic E-state index is 12.4. The number of amides is 3. The molecule has 1 aliphatic heterocycles. The first-order chi connectivity index (χ1) is 11.9. The minimum Gasteiger partial charge on any atom is -0.341 e. The van der Waals surface area contributed by atoms with Gasteiger partial charge in [0.25, 0.3) is 11.8 Å².